The van der Waals surface area contributed by atoms with Gasteiger partial charge in [0.25, 0.3) is 0 Å². The van der Waals surface area contributed by atoms with Gasteiger partial charge in [0.1, 0.15) is 11.9 Å². The predicted molar refractivity (Wildman–Crippen MR) is 76.6 cm³/mol. The lowest BCUT2D eigenvalue weighted by atomic mass is 10.1. The van der Waals surface area contributed by atoms with E-state index in [0.29, 0.717) is 5.57 Å². The molecular weight excluding hydrogens is 259 g/mol. The lowest BCUT2D eigenvalue weighted by Crippen LogP contribution is -1.89. The first-order valence-corrected chi connectivity index (χ1v) is 6.83. The largest absolute Gasteiger partial charge is 0.264 e. The van der Waals surface area contributed by atoms with Crippen molar-refractivity contribution in [3.63, 3.8) is 0 Å². The zero-order valence-electron chi connectivity index (χ0n) is 10.3. The van der Waals surface area contributed by atoms with Crippen LogP contribution in [0.4, 0.5) is 4.39 Å². The summed E-state index contributed by atoms with van der Waals surface area (Å²) in [7, 11) is 0. The van der Waals surface area contributed by atoms with Gasteiger partial charge in [-0.3, -0.25) is 4.98 Å². The second kappa shape index (κ2) is 6.17. The first-order chi connectivity index (χ1) is 9.26. The molecule has 1 aromatic carbocycles. The number of halogens is 1. The molecular formula is C15H11FN2S. The molecule has 94 valence electrons. The van der Waals surface area contributed by atoms with Crippen molar-refractivity contribution in [1.82, 2.24) is 4.98 Å². The standard InChI is InChI=1S/C15H11FN2S/c1-19-15(11-4-6-13(16)7-5-11)14(9-17)12-3-2-8-18-10-12/h2-8,10H,1H3/b15-14-. The summed E-state index contributed by atoms with van der Waals surface area (Å²) in [5.74, 6) is -0.288. The molecule has 0 aliphatic rings. The van der Waals surface area contributed by atoms with Crippen molar-refractivity contribution < 1.29 is 4.39 Å². The van der Waals surface area contributed by atoms with Crippen LogP contribution in [-0.2, 0) is 0 Å². The molecule has 0 amide bonds. The van der Waals surface area contributed by atoms with Crippen molar-refractivity contribution in [2.45, 2.75) is 0 Å². The van der Waals surface area contributed by atoms with Crippen LogP contribution >= 0.6 is 11.8 Å². The Morgan fingerprint density at radius 3 is 2.47 bits per heavy atom. The SMILES string of the molecule is CS/C(=C(/C#N)c1cccnc1)c1ccc(F)cc1. The van der Waals surface area contributed by atoms with Crippen LogP contribution in [0.5, 0.6) is 0 Å². The molecule has 0 atom stereocenters. The molecule has 19 heavy (non-hydrogen) atoms. The van der Waals surface area contributed by atoms with Crippen LogP contribution < -0.4 is 0 Å². The number of allylic oxidation sites excluding steroid dienone is 1. The third kappa shape index (κ3) is 3.01. The van der Waals surface area contributed by atoms with Gasteiger partial charge in [0, 0.05) is 22.9 Å². The first-order valence-electron chi connectivity index (χ1n) is 5.61. The highest BCUT2D eigenvalue weighted by Crippen LogP contribution is 2.33. The van der Waals surface area contributed by atoms with Crippen LogP contribution in [0.2, 0.25) is 0 Å². The fourth-order valence-electron chi connectivity index (χ4n) is 1.72. The summed E-state index contributed by atoms with van der Waals surface area (Å²) in [4.78, 5) is 4.84. The maximum Gasteiger partial charge on any atom is 0.123 e. The predicted octanol–water partition coefficient (Wildman–Crippen LogP) is 3.98. The third-order valence-corrected chi connectivity index (χ3v) is 3.45. The van der Waals surface area contributed by atoms with E-state index in [1.54, 1.807) is 30.6 Å². The molecule has 0 bridgehead atoms. The first kappa shape index (κ1) is 13.3. The van der Waals surface area contributed by atoms with Gasteiger partial charge in [0.15, 0.2) is 0 Å². The minimum atomic E-state index is -0.288. The number of nitrogens with zero attached hydrogens (tertiary/aromatic N) is 2. The maximum absolute atomic E-state index is 13.0. The monoisotopic (exact) mass is 270 g/mol. The summed E-state index contributed by atoms with van der Waals surface area (Å²) >= 11 is 1.46. The molecule has 0 saturated carbocycles. The number of benzene rings is 1. The topological polar surface area (TPSA) is 36.7 Å². The van der Waals surface area contributed by atoms with Crippen LogP contribution in [-0.4, -0.2) is 11.2 Å². The average molecular weight is 270 g/mol. The van der Waals surface area contributed by atoms with Crippen molar-refractivity contribution >= 4 is 22.2 Å². The highest BCUT2D eigenvalue weighted by atomic mass is 32.2. The van der Waals surface area contributed by atoms with E-state index in [9.17, 15) is 9.65 Å². The van der Waals surface area contributed by atoms with Crippen LogP contribution in [0.25, 0.3) is 10.5 Å². The molecule has 0 aliphatic heterocycles. The number of aromatic nitrogens is 1. The van der Waals surface area contributed by atoms with Gasteiger partial charge in [0.2, 0.25) is 0 Å². The molecule has 2 nitrogen and oxygen atoms in total. The Kier molecular flexibility index (Phi) is 4.32. The van der Waals surface area contributed by atoms with E-state index in [-0.39, 0.29) is 5.82 Å². The lowest BCUT2D eigenvalue weighted by molar-refractivity contribution is 0.628. The van der Waals surface area contributed by atoms with Gasteiger partial charge in [-0.15, -0.1) is 11.8 Å². The second-order valence-corrected chi connectivity index (χ2v) is 4.59. The lowest BCUT2D eigenvalue weighted by Gasteiger charge is -2.08. The molecule has 1 heterocycles. The number of hydrogen-bond acceptors (Lipinski definition) is 3. The maximum atomic E-state index is 13.0. The van der Waals surface area contributed by atoms with Gasteiger partial charge in [-0.25, -0.2) is 4.39 Å². The second-order valence-electron chi connectivity index (χ2n) is 3.77. The average Bonchev–Trinajstić information content (AvgIpc) is 2.47. The van der Waals surface area contributed by atoms with E-state index in [0.717, 1.165) is 16.0 Å². The van der Waals surface area contributed by atoms with Gasteiger partial charge >= 0.3 is 0 Å². The number of rotatable bonds is 3. The fourth-order valence-corrected chi connectivity index (χ4v) is 2.46. The minimum absolute atomic E-state index is 0.288. The summed E-state index contributed by atoms with van der Waals surface area (Å²) in [6, 6.07) is 12.0. The van der Waals surface area contributed by atoms with E-state index < -0.39 is 0 Å². The zero-order valence-corrected chi connectivity index (χ0v) is 11.1. The summed E-state index contributed by atoms with van der Waals surface area (Å²) < 4.78 is 13.0. The Labute approximate surface area is 115 Å². The number of hydrogen-bond donors (Lipinski definition) is 0. The van der Waals surface area contributed by atoms with Crippen LogP contribution in [0, 0.1) is 17.1 Å². The van der Waals surface area contributed by atoms with Crippen molar-refractivity contribution in [1.29, 1.82) is 5.26 Å². The van der Waals surface area contributed by atoms with Crippen molar-refractivity contribution in [2.75, 3.05) is 6.26 Å². The van der Waals surface area contributed by atoms with Gasteiger partial charge < -0.3 is 0 Å². The van der Waals surface area contributed by atoms with Crippen molar-refractivity contribution in [2.24, 2.45) is 0 Å². The zero-order chi connectivity index (χ0) is 13.7. The summed E-state index contributed by atoms with van der Waals surface area (Å²) in [6.45, 7) is 0. The van der Waals surface area contributed by atoms with Gasteiger partial charge in [-0.2, -0.15) is 5.26 Å². The molecule has 2 aromatic rings. The van der Waals surface area contributed by atoms with E-state index in [2.05, 4.69) is 11.1 Å². The Bertz CT molecular complexity index is 627. The molecule has 2 rings (SSSR count). The Balaban J connectivity index is 2.57. The quantitative estimate of drug-likeness (QED) is 0.792. The Hall–Kier alpha value is -2.12. The molecule has 0 N–H and O–H groups in total. The van der Waals surface area contributed by atoms with Crippen LogP contribution in [0.15, 0.2) is 48.8 Å². The molecule has 4 heteroatoms. The summed E-state index contributed by atoms with van der Waals surface area (Å²) in [5.41, 5.74) is 2.14. The number of pyridine rings is 1. The molecule has 0 unspecified atom stereocenters. The smallest absolute Gasteiger partial charge is 0.123 e. The van der Waals surface area contributed by atoms with Crippen LogP contribution in [0.1, 0.15) is 11.1 Å². The van der Waals surface area contributed by atoms with Gasteiger partial charge in [-0.1, -0.05) is 18.2 Å². The van der Waals surface area contributed by atoms with Crippen molar-refractivity contribution in [3.05, 3.63) is 65.7 Å². The van der Waals surface area contributed by atoms with E-state index >= 15 is 0 Å². The Morgan fingerprint density at radius 1 is 1.21 bits per heavy atom. The molecule has 0 fully saturated rings. The summed E-state index contributed by atoms with van der Waals surface area (Å²) in [5, 5.41) is 9.37. The minimum Gasteiger partial charge on any atom is -0.264 e. The highest BCUT2D eigenvalue weighted by molar-refractivity contribution is 8.08. The van der Waals surface area contributed by atoms with Gasteiger partial charge in [0.05, 0.1) is 5.57 Å². The molecule has 0 aliphatic carbocycles. The fraction of sp³-hybridized carbons (Fsp3) is 0.0667. The van der Waals surface area contributed by atoms with E-state index in [1.165, 1.54) is 23.9 Å². The Morgan fingerprint density at radius 2 is 1.95 bits per heavy atom. The molecule has 0 saturated heterocycles. The number of thioether (sulfide) groups is 1. The molecule has 0 spiro atoms. The van der Waals surface area contributed by atoms with E-state index in [4.69, 9.17) is 0 Å². The highest BCUT2D eigenvalue weighted by Gasteiger charge is 2.11. The summed E-state index contributed by atoms with van der Waals surface area (Å²) in [6.07, 6.45) is 5.21. The number of nitriles is 1. The normalized spacial score (nSPS) is 11.6. The molecule has 0 radical (unpaired) electrons. The van der Waals surface area contributed by atoms with Gasteiger partial charge in [-0.05, 0) is 30.0 Å². The molecule has 1 aromatic heterocycles. The van der Waals surface area contributed by atoms with Crippen molar-refractivity contribution in [3.8, 4) is 6.07 Å². The van der Waals surface area contributed by atoms with Crippen LogP contribution in [0.3, 0.4) is 0 Å². The van der Waals surface area contributed by atoms with E-state index in [1.807, 2.05) is 12.3 Å². The third-order valence-electron chi connectivity index (χ3n) is 2.60.